The molecule has 0 atom stereocenters. The Morgan fingerprint density at radius 1 is 1.03 bits per heavy atom. The Labute approximate surface area is 170 Å². The van der Waals surface area contributed by atoms with Crippen LogP contribution in [-0.2, 0) is 11.0 Å². The van der Waals surface area contributed by atoms with E-state index in [1.165, 1.54) is 38.5 Å². The number of hydrogen-bond donors (Lipinski definition) is 3. The van der Waals surface area contributed by atoms with Crippen molar-refractivity contribution in [2.75, 3.05) is 19.5 Å². The number of ether oxygens (including phenoxy) is 2. The van der Waals surface area contributed by atoms with Crippen molar-refractivity contribution >= 4 is 17.5 Å². The zero-order valence-corrected chi connectivity index (χ0v) is 16.2. The fraction of sp³-hybridized carbons (Fsp3) is 0.200. The summed E-state index contributed by atoms with van der Waals surface area (Å²) in [4.78, 5) is 24.3. The summed E-state index contributed by atoms with van der Waals surface area (Å²) in [6.45, 7) is 3.61. The maximum absolute atomic E-state index is 12.7. The molecular weight excluding hydrogens is 403 g/mol. The summed E-state index contributed by atoms with van der Waals surface area (Å²) in [5.41, 5.74) is 4.32. The predicted molar refractivity (Wildman–Crippen MR) is 104 cm³/mol. The van der Waals surface area contributed by atoms with Crippen LogP contribution in [0.3, 0.4) is 0 Å². The topological polar surface area (TPSA) is 88.7 Å². The van der Waals surface area contributed by atoms with Gasteiger partial charge in [-0.25, -0.2) is 0 Å². The third-order valence-corrected chi connectivity index (χ3v) is 3.85. The number of halogens is 3. The first-order valence-corrected chi connectivity index (χ1v) is 8.57. The van der Waals surface area contributed by atoms with Crippen LogP contribution >= 0.6 is 0 Å². The summed E-state index contributed by atoms with van der Waals surface area (Å²) in [7, 11) is 2.88. The van der Waals surface area contributed by atoms with Crippen LogP contribution in [0.2, 0.25) is 0 Å². The lowest BCUT2D eigenvalue weighted by Gasteiger charge is -2.14. The summed E-state index contributed by atoms with van der Waals surface area (Å²) in [5, 5.41) is 2.35. The van der Waals surface area contributed by atoms with E-state index < -0.39 is 23.6 Å². The maximum Gasteiger partial charge on any atom is 0.416 e. The number of benzene rings is 2. The molecular formula is C20H20F3N3O4. The molecule has 2 rings (SSSR count). The van der Waals surface area contributed by atoms with Crippen molar-refractivity contribution < 1.29 is 32.2 Å². The van der Waals surface area contributed by atoms with Gasteiger partial charge in [-0.1, -0.05) is 12.6 Å². The lowest BCUT2D eigenvalue weighted by atomic mass is 10.2. The summed E-state index contributed by atoms with van der Waals surface area (Å²) >= 11 is 0. The first-order chi connectivity index (χ1) is 14.1. The summed E-state index contributed by atoms with van der Waals surface area (Å²) in [6, 6.07) is 8.86. The first-order valence-electron chi connectivity index (χ1n) is 8.57. The second-order valence-corrected chi connectivity index (χ2v) is 6.05. The number of carbonyl (C=O) groups is 2. The molecule has 2 amide bonds. The van der Waals surface area contributed by atoms with Gasteiger partial charge in [0.15, 0.2) is 0 Å². The lowest BCUT2D eigenvalue weighted by Crippen LogP contribution is -2.37. The van der Waals surface area contributed by atoms with Crippen LogP contribution < -0.4 is 25.6 Å². The predicted octanol–water partition coefficient (Wildman–Crippen LogP) is 3.50. The molecule has 10 heteroatoms. The molecule has 0 aliphatic carbocycles. The van der Waals surface area contributed by atoms with E-state index in [0.29, 0.717) is 5.75 Å². The number of hydrogen-bond acceptors (Lipinski definition) is 5. The monoisotopic (exact) mass is 423 g/mol. The van der Waals surface area contributed by atoms with E-state index in [2.05, 4.69) is 22.7 Å². The molecule has 0 fully saturated rings. The number of methoxy groups -OCH3 is 2. The largest absolute Gasteiger partial charge is 0.497 e. The number of nitrogens with one attached hydrogen (secondary N) is 3. The van der Waals surface area contributed by atoms with Crippen molar-refractivity contribution in [1.82, 2.24) is 10.9 Å². The van der Waals surface area contributed by atoms with Gasteiger partial charge >= 0.3 is 6.18 Å². The van der Waals surface area contributed by atoms with E-state index in [9.17, 15) is 22.8 Å². The number of carbonyl (C=O) groups excluding carboxylic acids is 2. The molecule has 0 bridgehead atoms. The van der Waals surface area contributed by atoms with E-state index in [0.717, 1.165) is 12.1 Å². The van der Waals surface area contributed by atoms with Gasteiger partial charge in [0.05, 0.1) is 31.8 Å². The molecule has 3 N–H and O–H groups in total. The van der Waals surface area contributed by atoms with E-state index in [4.69, 9.17) is 9.47 Å². The second kappa shape index (κ2) is 9.68. The molecule has 0 aliphatic heterocycles. The van der Waals surface area contributed by atoms with Crippen molar-refractivity contribution in [1.29, 1.82) is 0 Å². The van der Waals surface area contributed by atoms with E-state index in [1.54, 1.807) is 6.07 Å². The van der Waals surface area contributed by atoms with Crippen LogP contribution in [-0.4, -0.2) is 26.0 Å². The van der Waals surface area contributed by atoms with Gasteiger partial charge in [0.2, 0.25) is 5.91 Å². The van der Waals surface area contributed by atoms with Crippen LogP contribution in [0.25, 0.3) is 0 Å². The Hall–Kier alpha value is -3.69. The molecule has 0 unspecified atom stereocenters. The molecule has 0 spiro atoms. The van der Waals surface area contributed by atoms with Gasteiger partial charge in [-0.05, 0) is 30.3 Å². The third-order valence-electron chi connectivity index (χ3n) is 3.85. The molecule has 0 heterocycles. The van der Waals surface area contributed by atoms with Gasteiger partial charge in [0, 0.05) is 17.5 Å². The number of alkyl halides is 3. The zero-order chi connectivity index (χ0) is 22.3. The third kappa shape index (κ3) is 6.16. The zero-order valence-electron chi connectivity index (χ0n) is 16.2. The van der Waals surface area contributed by atoms with Crippen molar-refractivity contribution in [3.05, 3.63) is 65.9 Å². The minimum Gasteiger partial charge on any atom is -0.497 e. The van der Waals surface area contributed by atoms with Crippen LogP contribution in [0.4, 0.5) is 18.9 Å². The molecule has 2 aromatic rings. The Bertz CT molecular complexity index is 945. The fourth-order valence-electron chi connectivity index (χ4n) is 2.42. The number of anilines is 1. The molecule has 0 aromatic heterocycles. The quantitative estimate of drug-likeness (QED) is 0.566. The Kier molecular flexibility index (Phi) is 7.29. The normalized spacial score (nSPS) is 10.7. The van der Waals surface area contributed by atoms with Gasteiger partial charge in [0.25, 0.3) is 5.91 Å². The molecule has 160 valence electrons. The smallest absolute Gasteiger partial charge is 0.416 e. The van der Waals surface area contributed by atoms with Crippen molar-refractivity contribution in [2.45, 2.75) is 12.6 Å². The molecule has 0 aliphatic rings. The fourth-order valence-corrected chi connectivity index (χ4v) is 2.42. The van der Waals surface area contributed by atoms with Crippen LogP contribution in [0.5, 0.6) is 11.5 Å². The first kappa shape index (κ1) is 22.6. The summed E-state index contributed by atoms with van der Waals surface area (Å²) in [5.74, 6) is -0.370. The minimum absolute atomic E-state index is 0.00497. The van der Waals surface area contributed by atoms with Gasteiger partial charge in [-0.3, -0.25) is 15.0 Å². The van der Waals surface area contributed by atoms with E-state index in [1.807, 2.05) is 0 Å². The summed E-state index contributed by atoms with van der Waals surface area (Å²) < 4.78 is 48.4. The lowest BCUT2D eigenvalue weighted by molar-refractivity contribution is -0.137. The highest BCUT2D eigenvalue weighted by molar-refractivity contribution is 5.97. The van der Waals surface area contributed by atoms with Crippen LogP contribution in [0, 0.1) is 0 Å². The van der Waals surface area contributed by atoms with Crippen LogP contribution in [0.15, 0.2) is 54.7 Å². The molecule has 0 saturated carbocycles. The molecule has 7 nitrogen and oxygen atoms in total. The average molecular weight is 423 g/mol. The van der Waals surface area contributed by atoms with E-state index in [-0.39, 0.29) is 29.1 Å². The highest BCUT2D eigenvalue weighted by Crippen LogP contribution is 2.30. The Balaban J connectivity index is 1.90. The number of amides is 2. The van der Waals surface area contributed by atoms with Gasteiger partial charge in [-0.15, -0.1) is 0 Å². The van der Waals surface area contributed by atoms with Gasteiger partial charge in [-0.2, -0.15) is 13.2 Å². The van der Waals surface area contributed by atoms with Crippen molar-refractivity contribution in [3.8, 4) is 11.5 Å². The molecule has 0 saturated heterocycles. The molecule has 30 heavy (non-hydrogen) atoms. The number of hydrazine groups is 1. The standard InChI is InChI=1S/C20H20F3N3O4/c1-12(9-18(27)24-14-6-4-5-13(10-14)20(21,22)23)25-26-19(28)16-8-7-15(29-2)11-17(16)30-3/h4-8,10-11,25H,1,9H2,2-3H3,(H,24,27)(H,26,28). The van der Waals surface area contributed by atoms with Gasteiger partial charge < -0.3 is 20.2 Å². The minimum atomic E-state index is -4.52. The maximum atomic E-state index is 12.7. The van der Waals surface area contributed by atoms with Crippen molar-refractivity contribution in [3.63, 3.8) is 0 Å². The molecule has 2 aromatic carbocycles. The Morgan fingerprint density at radius 3 is 2.40 bits per heavy atom. The summed E-state index contributed by atoms with van der Waals surface area (Å²) in [6.07, 6.45) is -4.80. The van der Waals surface area contributed by atoms with Crippen molar-refractivity contribution in [2.24, 2.45) is 0 Å². The van der Waals surface area contributed by atoms with Gasteiger partial charge in [0.1, 0.15) is 11.5 Å². The Morgan fingerprint density at radius 2 is 1.77 bits per heavy atom. The second-order valence-electron chi connectivity index (χ2n) is 6.05. The molecule has 0 radical (unpaired) electrons. The highest BCUT2D eigenvalue weighted by Gasteiger charge is 2.30. The highest BCUT2D eigenvalue weighted by atomic mass is 19.4. The van der Waals surface area contributed by atoms with Crippen LogP contribution in [0.1, 0.15) is 22.3 Å². The average Bonchev–Trinajstić information content (AvgIpc) is 2.70. The SMILES string of the molecule is C=C(CC(=O)Nc1cccc(C(F)(F)F)c1)NNC(=O)c1ccc(OC)cc1OC. The number of rotatable bonds is 8. The van der Waals surface area contributed by atoms with E-state index >= 15 is 0 Å².